The summed E-state index contributed by atoms with van der Waals surface area (Å²) in [7, 11) is -0.301. The highest BCUT2D eigenvalue weighted by atomic mass is 32.2. The Morgan fingerprint density at radius 2 is 2.06 bits per heavy atom. The van der Waals surface area contributed by atoms with Crippen LogP contribution in [0.15, 0.2) is 23.2 Å². The summed E-state index contributed by atoms with van der Waals surface area (Å²) in [5, 5.41) is 8.66. The van der Waals surface area contributed by atoms with E-state index >= 15 is 0 Å². The minimum absolute atomic E-state index is 0.0683. The number of aliphatic carboxylic acids is 1. The third-order valence-corrected chi connectivity index (χ3v) is 3.72. The van der Waals surface area contributed by atoms with E-state index in [-0.39, 0.29) is 4.90 Å². The number of anilines is 1. The maximum atomic E-state index is 11.8. The molecule has 18 heavy (non-hydrogen) atoms. The van der Waals surface area contributed by atoms with Crippen LogP contribution in [0.2, 0.25) is 0 Å². The Morgan fingerprint density at radius 1 is 1.44 bits per heavy atom. The Hall–Kier alpha value is -1.67. The summed E-state index contributed by atoms with van der Waals surface area (Å²) < 4.78 is 25.6. The van der Waals surface area contributed by atoms with E-state index in [4.69, 9.17) is 5.11 Å². The lowest BCUT2D eigenvalue weighted by Crippen LogP contribution is -2.38. The highest BCUT2D eigenvalue weighted by Crippen LogP contribution is 2.12. The van der Waals surface area contributed by atoms with Crippen molar-refractivity contribution in [2.75, 3.05) is 19.0 Å². The van der Waals surface area contributed by atoms with Crippen LogP contribution in [0.3, 0.4) is 0 Å². The summed E-state index contributed by atoms with van der Waals surface area (Å²) in [6.45, 7) is 1.25. The van der Waals surface area contributed by atoms with Crippen LogP contribution in [0.25, 0.3) is 0 Å². The number of sulfonamides is 1. The summed E-state index contributed by atoms with van der Waals surface area (Å²) in [6.07, 6.45) is 1.19. The molecule has 1 rings (SSSR count). The molecule has 0 unspecified atom stereocenters. The van der Waals surface area contributed by atoms with Gasteiger partial charge in [0.05, 0.1) is 0 Å². The van der Waals surface area contributed by atoms with E-state index < -0.39 is 22.0 Å². The fraction of sp³-hybridized carbons (Fsp3) is 0.400. The molecule has 0 amide bonds. The molecule has 7 nitrogen and oxygen atoms in total. The maximum absolute atomic E-state index is 11.8. The van der Waals surface area contributed by atoms with Gasteiger partial charge in [-0.15, -0.1) is 0 Å². The zero-order valence-corrected chi connectivity index (χ0v) is 11.1. The Labute approximate surface area is 106 Å². The van der Waals surface area contributed by atoms with Crippen molar-refractivity contribution < 1.29 is 18.3 Å². The standard InChI is InChI=1S/C10H15N3O4S/c1-7(10(14)15)12-18(16,17)8-4-5-9(11-6-8)13(2)3/h4-7,12H,1-3H3,(H,14,15)/t7-/m1/s1. The van der Waals surface area contributed by atoms with Crippen molar-refractivity contribution in [1.82, 2.24) is 9.71 Å². The van der Waals surface area contributed by atoms with Gasteiger partial charge in [0.2, 0.25) is 10.0 Å². The number of nitrogens with one attached hydrogen (secondary N) is 1. The molecular formula is C10H15N3O4S. The zero-order chi connectivity index (χ0) is 13.9. The molecule has 0 spiro atoms. The Kier molecular flexibility index (Phi) is 4.25. The molecule has 8 heteroatoms. The minimum Gasteiger partial charge on any atom is -0.480 e. The number of carboxylic acid groups (broad SMARTS) is 1. The molecule has 0 aliphatic carbocycles. The molecule has 0 aromatic carbocycles. The molecule has 2 N–H and O–H groups in total. The van der Waals surface area contributed by atoms with E-state index in [0.29, 0.717) is 5.82 Å². The van der Waals surface area contributed by atoms with Crippen molar-refractivity contribution in [3.8, 4) is 0 Å². The van der Waals surface area contributed by atoms with Crippen LogP contribution >= 0.6 is 0 Å². The lowest BCUT2D eigenvalue weighted by Gasteiger charge is -2.13. The van der Waals surface area contributed by atoms with Crippen LogP contribution in [-0.2, 0) is 14.8 Å². The van der Waals surface area contributed by atoms with Crippen LogP contribution in [0, 0.1) is 0 Å². The van der Waals surface area contributed by atoms with Gasteiger partial charge in [0.15, 0.2) is 0 Å². The van der Waals surface area contributed by atoms with Crippen LogP contribution in [0.1, 0.15) is 6.92 Å². The molecule has 0 aliphatic rings. The van der Waals surface area contributed by atoms with Crippen molar-refractivity contribution in [2.45, 2.75) is 17.9 Å². The molecule has 100 valence electrons. The number of carboxylic acids is 1. The fourth-order valence-corrected chi connectivity index (χ4v) is 2.29. The lowest BCUT2D eigenvalue weighted by atomic mass is 10.4. The molecule has 0 radical (unpaired) electrons. The van der Waals surface area contributed by atoms with Gasteiger partial charge in [0, 0.05) is 20.3 Å². The van der Waals surface area contributed by atoms with Gasteiger partial charge in [-0.1, -0.05) is 0 Å². The smallest absolute Gasteiger partial charge is 0.321 e. The second-order valence-corrected chi connectivity index (χ2v) is 5.64. The average Bonchev–Trinajstić information content (AvgIpc) is 2.28. The molecule has 1 aromatic rings. The van der Waals surface area contributed by atoms with E-state index in [0.717, 1.165) is 0 Å². The van der Waals surface area contributed by atoms with Gasteiger partial charge in [-0.3, -0.25) is 4.79 Å². The van der Waals surface area contributed by atoms with Crippen LogP contribution in [0.5, 0.6) is 0 Å². The van der Waals surface area contributed by atoms with Crippen molar-refractivity contribution in [2.24, 2.45) is 0 Å². The number of rotatable bonds is 5. The SMILES string of the molecule is C[C@@H](NS(=O)(=O)c1ccc(N(C)C)nc1)C(=O)O. The molecule has 1 aromatic heterocycles. The molecule has 0 bridgehead atoms. The molecule has 0 saturated heterocycles. The number of pyridine rings is 1. The van der Waals surface area contributed by atoms with Gasteiger partial charge in [-0.2, -0.15) is 4.72 Å². The van der Waals surface area contributed by atoms with Gasteiger partial charge < -0.3 is 10.0 Å². The highest BCUT2D eigenvalue weighted by molar-refractivity contribution is 7.89. The second kappa shape index (κ2) is 5.32. The first-order chi connectivity index (χ1) is 8.24. The number of hydrogen-bond acceptors (Lipinski definition) is 5. The number of aromatic nitrogens is 1. The largest absolute Gasteiger partial charge is 0.480 e. The van der Waals surface area contributed by atoms with E-state index in [1.807, 2.05) is 4.72 Å². The Bertz CT molecular complexity index is 525. The van der Waals surface area contributed by atoms with Gasteiger partial charge in [-0.05, 0) is 19.1 Å². The van der Waals surface area contributed by atoms with Crippen molar-refractivity contribution >= 4 is 21.8 Å². The number of nitrogens with zero attached hydrogens (tertiary/aromatic N) is 2. The molecule has 1 atom stereocenters. The van der Waals surface area contributed by atoms with Crippen molar-refractivity contribution in [3.05, 3.63) is 18.3 Å². The van der Waals surface area contributed by atoms with Gasteiger partial charge in [0.1, 0.15) is 16.8 Å². The summed E-state index contributed by atoms with van der Waals surface area (Å²) in [4.78, 5) is 16.2. The van der Waals surface area contributed by atoms with Crippen molar-refractivity contribution in [3.63, 3.8) is 0 Å². The quantitative estimate of drug-likeness (QED) is 0.777. The normalized spacial score (nSPS) is 13.1. The van der Waals surface area contributed by atoms with Gasteiger partial charge in [-0.25, -0.2) is 13.4 Å². The Balaban J connectivity index is 2.95. The molecule has 0 saturated carbocycles. The second-order valence-electron chi connectivity index (χ2n) is 3.93. The predicted molar refractivity (Wildman–Crippen MR) is 66.0 cm³/mol. The average molecular weight is 273 g/mol. The van der Waals surface area contributed by atoms with Crippen LogP contribution < -0.4 is 9.62 Å². The Morgan fingerprint density at radius 3 is 2.44 bits per heavy atom. The predicted octanol–water partition coefficient (Wildman–Crippen LogP) is -0.101. The van der Waals surface area contributed by atoms with E-state index in [2.05, 4.69) is 4.98 Å². The van der Waals surface area contributed by atoms with Gasteiger partial charge in [0.25, 0.3) is 0 Å². The molecule has 1 heterocycles. The topological polar surface area (TPSA) is 99.6 Å². The molecule has 0 aliphatic heterocycles. The van der Waals surface area contributed by atoms with Crippen molar-refractivity contribution in [1.29, 1.82) is 0 Å². The number of carbonyl (C=O) groups is 1. The third-order valence-electron chi connectivity index (χ3n) is 2.19. The van der Waals surface area contributed by atoms with E-state index in [1.165, 1.54) is 19.2 Å². The summed E-state index contributed by atoms with van der Waals surface area (Å²) in [5.41, 5.74) is 0. The summed E-state index contributed by atoms with van der Waals surface area (Å²) in [5.74, 6) is -0.628. The summed E-state index contributed by atoms with van der Waals surface area (Å²) in [6, 6.07) is 1.72. The highest BCUT2D eigenvalue weighted by Gasteiger charge is 2.21. The van der Waals surface area contributed by atoms with Crippen LogP contribution in [0.4, 0.5) is 5.82 Å². The molecular weight excluding hydrogens is 258 g/mol. The first-order valence-electron chi connectivity index (χ1n) is 5.12. The number of hydrogen-bond donors (Lipinski definition) is 2. The molecule has 0 fully saturated rings. The van der Waals surface area contributed by atoms with E-state index in [9.17, 15) is 13.2 Å². The van der Waals surface area contributed by atoms with Gasteiger partial charge >= 0.3 is 5.97 Å². The lowest BCUT2D eigenvalue weighted by molar-refractivity contribution is -0.138. The zero-order valence-electron chi connectivity index (χ0n) is 10.3. The summed E-state index contributed by atoms with van der Waals surface area (Å²) >= 11 is 0. The monoisotopic (exact) mass is 273 g/mol. The minimum atomic E-state index is -3.86. The third kappa shape index (κ3) is 3.41. The van der Waals surface area contributed by atoms with Crippen LogP contribution in [-0.4, -0.2) is 44.6 Å². The first-order valence-corrected chi connectivity index (χ1v) is 6.61. The van der Waals surface area contributed by atoms with E-state index in [1.54, 1.807) is 25.1 Å². The fourth-order valence-electron chi connectivity index (χ4n) is 1.15. The first kappa shape index (κ1) is 14.4. The maximum Gasteiger partial charge on any atom is 0.321 e.